The van der Waals surface area contributed by atoms with Gasteiger partial charge >= 0.3 is 6.01 Å². The molecule has 6 bridgehead atoms. The molecule has 9 rings (SSSR count). The van der Waals surface area contributed by atoms with Crippen LogP contribution in [0.4, 0.5) is 14.6 Å². The monoisotopic (exact) mass is 660 g/mol. The fraction of sp³-hybridized carbons (Fsp3) is 0.528. The Morgan fingerprint density at radius 1 is 1.06 bits per heavy atom. The summed E-state index contributed by atoms with van der Waals surface area (Å²) < 4.78 is 55.6. The normalized spacial score (nSPS) is 27.1. The van der Waals surface area contributed by atoms with Crippen LogP contribution in [0.2, 0.25) is 0 Å². The third-order valence-corrected chi connectivity index (χ3v) is 10.4. The van der Waals surface area contributed by atoms with Crippen LogP contribution < -0.4 is 15.0 Å². The number of fused-ring (bicyclic) bond motifs is 9. The highest BCUT2D eigenvalue weighted by Crippen LogP contribution is 2.41. The molecule has 0 aliphatic carbocycles. The number of hydrogen-bond acceptors (Lipinski definition) is 10. The Kier molecular flexibility index (Phi) is 8.62. The predicted octanol–water partition coefficient (Wildman–Crippen LogP) is 5.02. The number of aromatic nitrogens is 3. The van der Waals surface area contributed by atoms with Crippen LogP contribution in [0.5, 0.6) is 6.01 Å². The molecular weight excluding hydrogens is 618 g/mol. The summed E-state index contributed by atoms with van der Waals surface area (Å²) in [4.78, 5) is 18.6. The van der Waals surface area contributed by atoms with Gasteiger partial charge in [0.2, 0.25) is 0 Å². The number of rotatable bonds is 3. The van der Waals surface area contributed by atoms with Crippen molar-refractivity contribution >= 4 is 27.5 Å². The van der Waals surface area contributed by atoms with Crippen molar-refractivity contribution in [2.75, 3.05) is 71.0 Å². The average molecular weight is 661 g/mol. The molecule has 2 aromatic heterocycles. The van der Waals surface area contributed by atoms with Crippen molar-refractivity contribution in [3.63, 3.8) is 0 Å². The van der Waals surface area contributed by atoms with Gasteiger partial charge in [-0.15, -0.1) is 0 Å². The second-order valence-corrected chi connectivity index (χ2v) is 13.9. The Balaban J connectivity index is 1.27. The van der Waals surface area contributed by atoms with Crippen LogP contribution in [0, 0.1) is 5.82 Å². The third kappa shape index (κ3) is 5.98. The van der Waals surface area contributed by atoms with Crippen molar-refractivity contribution in [1.82, 2.24) is 25.2 Å². The van der Waals surface area contributed by atoms with Gasteiger partial charge < -0.3 is 23.8 Å². The van der Waals surface area contributed by atoms with E-state index in [4.69, 9.17) is 33.9 Å². The van der Waals surface area contributed by atoms with Crippen LogP contribution in [0.15, 0.2) is 42.6 Å². The molecule has 0 spiro atoms. The molecule has 2 aromatic carbocycles. The summed E-state index contributed by atoms with van der Waals surface area (Å²) in [5.41, 5.74) is 1.25. The fourth-order valence-corrected chi connectivity index (χ4v) is 8.04. The van der Waals surface area contributed by atoms with Crippen molar-refractivity contribution in [2.45, 2.75) is 56.3 Å². The summed E-state index contributed by atoms with van der Waals surface area (Å²) in [5.74, 6) is -0.0157. The molecule has 3 saturated heterocycles. The van der Waals surface area contributed by atoms with Crippen molar-refractivity contribution in [3.05, 3.63) is 54.0 Å². The first kappa shape index (κ1) is 31.7. The first-order valence-electron chi connectivity index (χ1n) is 17.0. The third-order valence-electron chi connectivity index (χ3n) is 10.4. The minimum absolute atomic E-state index is 0.0712. The Hall–Kier alpha value is -3.55. The van der Waals surface area contributed by atoms with Gasteiger partial charge in [0.1, 0.15) is 36.6 Å². The molecule has 7 heterocycles. The largest absolute Gasteiger partial charge is 0.461 e. The van der Waals surface area contributed by atoms with Crippen molar-refractivity contribution in [3.8, 4) is 17.3 Å². The van der Waals surface area contributed by atoms with Crippen molar-refractivity contribution in [1.29, 1.82) is 0 Å². The van der Waals surface area contributed by atoms with Crippen LogP contribution >= 0.6 is 0 Å². The first-order chi connectivity index (χ1) is 23.4. The van der Waals surface area contributed by atoms with Crippen molar-refractivity contribution < 1.29 is 27.7 Å². The summed E-state index contributed by atoms with van der Waals surface area (Å²) in [6.07, 6.45) is 4.57. The summed E-state index contributed by atoms with van der Waals surface area (Å²) >= 11 is 0. The smallest absolute Gasteiger partial charge is 0.319 e. The molecule has 0 radical (unpaired) electrons. The number of aryl methyl sites for hydroxylation is 1. The Morgan fingerprint density at radius 2 is 1.96 bits per heavy atom. The van der Waals surface area contributed by atoms with E-state index in [1.54, 1.807) is 6.20 Å². The number of halogens is 2. The first-order valence-corrected chi connectivity index (χ1v) is 17.0. The van der Waals surface area contributed by atoms with Crippen LogP contribution in [-0.2, 0) is 20.6 Å². The van der Waals surface area contributed by atoms with Gasteiger partial charge in [0, 0.05) is 44.4 Å². The minimum atomic E-state index is -0.888. The second kappa shape index (κ2) is 13.1. The van der Waals surface area contributed by atoms with Crippen LogP contribution in [0.3, 0.4) is 0 Å². The van der Waals surface area contributed by atoms with E-state index in [2.05, 4.69) is 28.1 Å². The second-order valence-electron chi connectivity index (χ2n) is 13.9. The molecule has 12 heteroatoms. The molecule has 4 aromatic rings. The number of benzene rings is 2. The van der Waals surface area contributed by atoms with E-state index in [0.29, 0.717) is 62.6 Å². The molecule has 0 saturated carbocycles. The lowest BCUT2D eigenvalue weighted by Gasteiger charge is -2.34. The van der Waals surface area contributed by atoms with E-state index in [9.17, 15) is 4.39 Å². The molecule has 5 aliphatic rings. The molecule has 254 valence electrons. The SMILES string of the molecule is CC12COCCN(C1)c1nc(OC[C@@]34CCCN3C[C@H](F)C4)nc3c(F)c(ncc13)-c1cccc3cccc(c13)CCCOCOCN2. The van der Waals surface area contributed by atoms with Crippen molar-refractivity contribution in [2.24, 2.45) is 0 Å². The van der Waals surface area contributed by atoms with Gasteiger partial charge in [-0.25, -0.2) is 8.78 Å². The van der Waals surface area contributed by atoms with E-state index in [1.807, 2.05) is 30.3 Å². The summed E-state index contributed by atoms with van der Waals surface area (Å²) in [6, 6.07) is 12.1. The molecule has 3 atom stereocenters. The fourth-order valence-electron chi connectivity index (χ4n) is 8.04. The average Bonchev–Trinajstić information content (AvgIpc) is 3.53. The lowest BCUT2D eigenvalue weighted by Crippen LogP contribution is -2.54. The molecule has 48 heavy (non-hydrogen) atoms. The molecule has 5 aliphatic heterocycles. The van der Waals surface area contributed by atoms with Gasteiger partial charge in [0.15, 0.2) is 5.82 Å². The lowest BCUT2D eigenvalue weighted by molar-refractivity contribution is -0.0678. The maximum Gasteiger partial charge on any atom is 0.319 e. The maximum absolute atomic E-state index is 17.1. The molecule has 3 fully saturated rings. The highest BCUT2D eigenvalue weighted by atomic mass is 19.1. The van der Waals surface area contributed by atoms with E-state index in [-0.39, 0.29) is 37.4 Å². The number of anilines is 1. The summed E-state index contributed by atoms with van der Waals surface area (Å²) in [7, 11) is 0. The highest BCUT2D eigenvalue weighted by molar-refractivity contribution is 6.00. The summed E-state index contributed by atoms with van der Waals surface area (Å²) in [6.45, 7) is 6.45. The number of alkyl halides is 1. The van der Waals surface area contributed by atoms with E-state index in [0.717, 1.165) is 48.6 Å². The highest BCUT2D eigenvalue weighted by Gasteiger charge is 2.49. The maximum atomic E-state index is 17.1. The van der Waals surface area contributed by atoms with Gasteiger partial charge in [0.05, 0.1) is 36.4 Å². The standard InChI is InChI=1S/C36H42F2N6O4/c1-35-19-43(13-15-45-20-35)33-28-17-39-31(27-10-3-8-24-6-2-7-25(29(24)27)9-4-14-46-23-47-22-40-35)30(38)32(28)41-34(42-33)48-21-36-11-5-12-44(36)18-26(37)16-36/h2-3,6-8,10,17,26,40H,4-5,9,11-16,18-23H2,1H3/t26-,35?,36+/m1/s1. The molecule has 1 N–H and O–H groups in total. The molecule has 0 amide bonds. The molecular formula is C36H42F2N6O4. The Morgan fingerprint density at radius 3 is 2.88 bits per heavy atom. The van der Waals surface area contributed by atoms with Crippen LogP contribution in [0.1, 0.15) is 38.2 Å². The minimum Gasteiger partial charge on any atom is -0.461 e. The van der Waals surface area contributed by atoms with Gasteiger partial charge in [0.25, 0.3) is 0 Å². The lowest BCUT2D eigenvalue weighted by atomic mass is 9.94. The number of ether oxygens (including phenoxy) is 4. The molecule has 1 unspecified atom stereocenters. The van der Waals surface area contributed by atoms with Gasteiger partial charge in [-0.2, -0.15) is 9.97 Å². The van der Waals surface area contributed by atoms with Crippen LogP contribution in [0.25, 0.3) is 32.9 Å². The van der Waals surface area contributed by atoms with Gasteiger partial charge in [-0.05, 0) is 55.5 Å². The Bertz CT molecular complexity index is 1810. The van der Waals surface area contributed by atoms with E-state index < -0.39 is 23.1 Å². The van der Waals surface area contributed by atoms with E-state index >= 15 is 4.39 Å². The number of hydrogen-bond donors (Lipinski definition) is 1. The van der Waals surface area contributed by atoms with Gasteiger partial charge in [-0.3, -0.25) is 15.2 Å². The number of pyridine rings is 1. The predicted molar refractivity (Wildman–Crippen MR) is 178 cm³/mol. The zero-order chi connectivity index (χ0) is 32.7. The topological polar surface area (TPSA) is 94.1 Å². The number of nitrogens with one attached hydrogen (secondary N) is 1. The zero-order valence-corrected chi connectivity index (χ0v) is 27.4. The van der Waals surface area contributed by atoms with Gasteiger partial charge in [-0.1, -0.05) is 36.4 Å². The molecule has 10 nitrogen and oxygen atoms in total. The summed E-state index contributed by atoms with van der Waals surface area (Å²) in [5, 5.41) is 5.92. The zero-order valence-electron chi connectivity index (χ0n) is 27.4. The number of nitrogens with zero attached hydrogens (tertiary/aromatic N) is 5. The van der Waals surface area contributed by atoms with Crippen LogP contribution in [-0.4, -0.2) is 103 Å². The quantitative estimate of drug-likeness (QED) is 0.323. The van der Waals surface area contributed by atoms with E-state index in [1.165, 1.54) is 0 Å². The Labute approximate surface area is 278 Å².